The quantitative estimate of drug-likeness (QED) is 0.494. The Kier molecular flexibility index (Phi) is 3.98. The average molecular weight is 365 g/mol. The summed E-state index contributed by atoms with van der Waals surface area (Å²) < 4.78 is 2.01. The molecule has 0 fully saturated rings. The van der Waals surface area contributed by atoms with Gasteiger partial charge in [-0.2, -0.15) is 0 Å². The van der Waals surface area contributed by atoms with E-state index in [0.717, 1.165) is 33.9 Å². The van der Waals surface area contributed by atoms with Gasteiger partial charge in [0.2, 0.25) is 5.95 Å². The van der Waals surface area contributed by atoms with Gasteiger partial charge in [0.15, 0.2) is 11.5 Å². The smallest absolute Gasteiger partial charge is 0.211 e. The predicted octanol–water partition coefficient (Wildman–Crippen LogP) is 4.87. The lowest BCUT2D eigenvalue weighted by atomic mass is 10.1. The standard InChI is InChI=1S/C23H19N5/c1-16-12-13-20-19(14-16)22-27-26-21(18-10-6-3-7-11-18)28(22)23(25-20)24-15-17-8-4-2-5-9-17/h2-14H,15H2,1H3,(H,24,25). The second-order valence-corrected chi connectivity index (χ2v) is 6.84. The molecule has 2 heterocycles. The lowest BCUT2D eigenvalue weighted by Crippen LogP contribution is -2.08. The summed E-state index contributed by atoms with van der Waals surface area (Å²) >= 11 is 0. The minimum absolute atomic E-state index is 0.673. The van der Waals surface area contributed by atoms with Crippen LogP contribution in [-0.4, -0.2) is 19.6 Å². The first-order valence-corrected chi connectivity index (χ1v) is 9.28. The molecular weight excluding hydrogens is 346 g/mol. The van der Waals surface area contributed by atoms with Crippen LogP contribution in [0.4, 0.5) is 5.95 Å². The Morgan fingerprint density at radius 1 is 0.857 bits per heavy atom. The van der Waals surface area contributed by atoms with Crippen LogP contribution in [0, 0.1) is 6.92 Å². The van der Waals surface area contributed by atoms with E-state index in [4.69, 9.17) is 4.98 Å². The normalized spacial score (nSPS) is 11.2. The third-order valence-corrected chi connectivity index (χ3v) is 4.82. The number of anilines is 1. The first kappa shape index (κ1) is 16.4. The molecular formula is C23H19N5. The molecule has 0 saturated heterocycles. The van der Waals surface area contributed by atoms with Gasteiger partial charge in [-0.1, -0.05) is 72.3 Å². The summed E-state index contributed by atoms with van der Waals surface area (Å²) in [5.74, 6) is 1.51. The van der Waals surface area contributed by atoms with E-state index in [1.165, 1.54) is 11.1 Å². The molecule has 0 atom stereocenters. The van der Waals surface area contributed by atoms with Crippen LogP contribution in [0.1, 0.15) is 11.1 Å². The summed E-state index contributed by atoms with van der Waals surface area (Å²) in [6.45, 7) is 2.75. The van der Waals surface area contributed by atoms with E-state index in [1.807, 2.05) is 59.0 Å². The average Bonchev–Trinajstić information content (AvgIpc) is 3.19. The van der Waals surface area contributed by atoms with Crippen molar-refractivity contribution < 1.29 is 0 Å². The van der Waals surface area contributed by atoms with Gasteiger partial charge in [0.1, 0.15) is 0 Å². The number of nitrogens with zero attached hydrogens (tertiary/aromatic N) is 4. The van der Waals surface area contributed by atoms with Crippen molar-refractivity contribution in [2.45, 2.75) is 13.5 Å². The number of hydrogen-bond acceptors (Lipinski definition) is 4. The van der Waals surface area contributed by atoms with Gasteiger partial charge in [-0.3, -0.25) is 0 Å². The van der Waals surface area contributed by atoms with Crippen molar-refractivity contribution in [1.29, 1.82) is 0 Å². The number of hydrogen-bond donors (Lipinski definition) is 1. The topological polar surface area (TPSA) is 55.1 Å². The van der Waals surface area contributed by atoms with Gasteiger partial charge < -0.3 is 5.32 Å². The Hall–Kier alpha value is -3.73. The van der Waals surface area contributed by atoms with Crippen molar-refractivity contribution in [3.8, 4) is 11.4 Å². The maximum Gasteiger partial charge on any atom is 0.211 e. The van der Waals surface area contributed by atoms with Crippen molar-refractivity contribution >= 4 is 22.5 Å². The monoisotopic (exact) mass is 365 g/mol. The molecule has 0 aliphatic carbocycles. The van der Waals surface area contributed by atoms with E-state index in [2.05, 4.69) is 46.7 Å². The lowest BCUT2D eigenvalue weighted by molar-refractivity contribution is 1.03. The lowest BCUT2D eigenvalue weighted by Gasteiger charge is -2.12. The molecule has 136 valence electrons. The molecule has 5 nitrogen and oxygen atoms in total. The maximum atomic E-state index is 4.89. The van der Waals surface area contributed by atoms with Crippen molar-refractivity contribution in [2.24, 2.45) is 0 Å². The maximum absolute atomic E-state index is 4.89. The van der Waals surface area contributed by atoms with Crippen molar-refractivity contribution in [1.82, 2.24) is 19.6 Å². The third kappa shape index (κ3) is 2.87. The summed E-state index contributed by atoms with van der Waals surface area (Å²) in [5.41, 5.74) is 5.08. The first-order valence-electron chi connectivity index (χ1n) is 9.28. The molecule has 0 amide bonds. The Balaban J connectivity index is 1.71. The molecule has 5 rings (SSSR count). The highest BCUT2D eigenvalue weighted by Crippen LogP contribution is 2.27. The van der Waals surface area contributed by atoms with E-state index in [9.17, 15) is 0 Å². The highest BCUT2D eigenvalue weighted by molar-refractivity contribution is 5.93. The summed E-state index contributed by atoms with van der Waals surface area (Å²) in [5, 5.41) is 13.5. The minimum atomic E-state index is 0.673. The molecule has 2 aromatic heterocycles. The summed E-state index contributed by atoms with van der Waals surface area (Å²) in [6.07, 6.45) is 0. The molecule has 0 unspecified atom stereocenters. The fourth-order valence-electron chi connectivity index (χ4n) is 3.42. The molecule has 0 saturated carbocycles. The van der Waals surface area contributed by atoms with Crippen LogP contribution in [-0.2, 0) is 6.54 Å². The van der Waals surface area contributed by atoms with Crippen molar-refractivity contribution in [2.75, 3.05) is 5.32 Å². The molecule has 0 aliphatic heterocycles. The highest BCUT2D eigenvalue weighted by atomic mass is 15.3. The van der Waals surface area contributed by atoms with Gasteiger partial charge in [-0.25, -0.2) is 9.38 Å². The molecule has 5 heteroatoms. The fraction of sp³-hybridized carbons (Fsp3) is 0.0870. The van der Waals surface area contributed by atoms with Crippen molar-refractivity contribution in [3.05, 3.63) is 90.0 Å². The predicted molar refractivity (Wildman–Crippen MR) is 112 cm³/mol. The minimum Gasteiger partial charge on any atom is -0.351 e. The second-order valence-electron chi connectivity index (χ2n) is 6.84. The zero-order valence-electron chi connectivity index (χ0n) is 15.5. The molecule has 0 radical (unpaired) electrons. The summed E-state index contributed by atoms with van der Waals surface area (Å²) in [7, 11) is 0. The van der Waals surface area contributed by atoms with E-state index >= 15 is 0 Å². The van der Waals surface area contributed by atoms with Gasteiger partial charge in [0.25, 0.3) is 0 Å². The van der Waals surface area contributed by atoms with Gasteiger partial charge >= 0.3 is 0 Å². The van der Waals surface area contributed by atoms with Crippen molar-refractivity contribution in [3.63, 3.8) is 0 Å². The number of aromatic nitrogens is 4. The Morgan fingerprint density at radius 3 is 2.39 bits per heavy atom. The van der Waals surface area contributed by atoms with Gasteiger partial charge in [-0.05, 0) is 24.6 Å². The summed E-state index contributed by atoms with van der Waals surface area (Å²) in [6, 6.07) is 26.6. The van der Waals surface area contributed by atoms with Crippen LogP contribution in [0.15, 0.2) is 78.9 Å². The molecule has 0 aliphatic rings. The van der Waals surface area contributed by atoms with E-state index in [0.29, 0.717) is 6.54 Å². The molecule has 0 bridgehead atoms. The van der Waals surface area contributed by atoms with Crippen LogP contribution < -0.4 is 5.32 Å². The Bertz CT molecular complexity index is 1260. The Labute approximate surface area is 162 Å². The number of fused-ring (bicyclic) bond motifs is 3. The van der Waals surface area contributed by atoms with Gasteiger partial charge in [0.05, 0.1) is 5.52 Å². The fourth-order valence-corrected chi connectivity index (χ4v) is 3.42. The van der Waals surface area contributed by atoms with Crippen LogP contribution in [0.2, 0.25) is 0 Å². The number of aryl methyl sites for hydroxylation is 1. The van der Waals surface area contributed by atoms with Gasteiger partial charge in [-0.15, -0.1) is 10.2 Å². The zero-order valence-corrected chi connectivity index (χ0v) is 15.5. The number of rotatable bonds is 4. The first-order chi connectivity index (χ1) is 13.8. The van der Waals surface area contributed by atoms with E-state index in [1.54, 1.807) is 0 Å². The van der Waals surface area contributed by atoms with Crippen LogP contribution >= 0.6 is 0 Å². The zero-order chi connectivity index (χ0) is 18.9. The second kappa shape index (κ2) is 6.78. The van der Waals surface area contributed by atoms with Gasteiger partial charge in [0, 0.05) is 17.5 Å². The molecule has 1 N–H and O–H groups in total. The number of nitrogens with one attached hydrogen (secondary N) is 1. The molecule has 3 aromatic carbocycles. The molecule has 28 heavy (non-hydrogen) atoms. The molecule has 0 spiro atoms. The molecule has 5 aromatic rings. The van der Waals surface area contributed by atoms with Crippen LogP contribution in [0.5, 0.6) is 0 Å². The highest BCUT2D eigenvalue weighted by Gasteiger charge is 2.16. The third-order valence-electron chi connectivity index (χ3n) is 4.82. The summed E-state index contributed by atoms with van der Waals surface area (Å²) in [4.78, 5) is 4.89. The van der Waals surface area contributed by atoms with E-state index < -0.39 is 0 Å². The van der Waals surface area contributed by atoms with Crippen LogP contribution in [0.25, 0.3) is 27.9 Å². The largest absolute Gasteiger partial charge is 0.351 e. The van der Waals surface area contributed by atoms with Crippen LogP contribution in [0.3, 0.4) is 0 Å². The van der Waals surface area contributed by atoms with E-state index in [-0.39, 0.29) is 0 Å². The SMILES string of the molecule is Cc1ccc2nc(NCc3ccccc3)n3c(-c4ccccc4)nnc3c2c1. The Morgan fingerprint density at radius 2 is 1.61 bits per heavy atom. The number of benzene rings is 3.